The fraction of sp³-hybridized carbons (Fsp3) is 0.125. The number of rotatable bonds is 6. The molecule has 25 heavy (non-hydrogen) atoms. The van der Waals surface area contributed by atoms with Crippen LogP contribution < -0.4 is 16.2 Å². The van der Waals surface area contributed by atoms with E-state index in [-0.39, 0.29) is 12.1 Å². The summed E-state index contributed by atoms with van der Waals surface area (Å²) in [6, 6.07) is 9.76. The van der Waals surface area contributed by atoms with Crippen LogP contribution in [-0.2, 0) is 14.3 Å². The van der Waals surface area contributed by atoms with E-state index < -0.39 is 29.9 Å². The SMILES string of the molecule is O=C(COC(=O)c1ccc[nH]c1=O)NCC(=O)Nc1ccccc1Br. The highest BCUT2D eigenvalue weighted by atomic mass is 79.9. The molecular weight excluding hydrogens is 394 g/mol. The number of H-pyrrole nitrogens is 1. The Morgan fingerprint density at radius 2 is 1.84 bits per heavy atom. The number of ether oxygens (including phenoxy) is 1. The number of benzene rings is 1. The monoisotopic (exact) mass is 407 g/mol. The maximum atomic E-state index is 11.8. The summed E-state index contributed by atoms with van der Waals surface area (Å²) in [6.45, 7) is -0.890. The summed E-state index contributed by atoms with van der Waals surface area (Å²) in [4.78, 5) is 48.8. The summed E-state index contributed by atoms with van der Waals surface area (Å²) in [7, 11) is 0. The lowest BCUT2D eigenvalue weighted by Crippen LogP contribution is -2.36. The van der Waals surface area contributed by atoms with Gasteiger partial charge >= 0.3 is 5.97 Å². The third-order valence-corrected chi connectivity index (χ3v) is 3.66. The van der Waals surface area contributed by atoms with Crippen molar-refractivity contribution in [3.63, 3.8) is 0 Å². The van der Waals surface area contributed by atoms with Gasteiger partial charge in [0.1, 0.15) is 5.56 Å². The Bertz CT molecular complexity index is 849. The topological polar surface area (TPSA) is 117 Å². The van der Waals surface area contributed by atoms with Gasteiger partial charge in [-0.2, -0.15) is 0 Å². The van der Waals surface area contributed by atoms with Gasteiger partial charge in [-0.3, -0.25) is 14.4 Å². The van der Waals surface area contributed by atoms with Gasteiger partial charge in [0.25, 0.3) is 11.5 Å². The van der Waals surface area contributed by atoms with E-state index in [2.05, 4.69) is 31.5 Å². The Morgan fingerprint density at radius 1 is 1.08 bits per heavy atom. The molecule has 0 spiro atoms. The summed E-state index contributed by atoms with van der Waals surface area (Å²) in [5.41, 5.74) is -0.251. The van der Waals surface area contributed by atoms with Crippen LogP contribution in [-0.4, -0.2) is 35.9 Å². The molecule has 130 valence electrons. The maximum absolute atomic E-state index is 11.8. The van der Waals surface area contributed by atoms with E-state index >= 15 is 0 Å². The molecule has 3 N–H and O–H groups in total. The van der Waals surface area contributed by atoms with Gasteiger partial charge in [-0.25, -0.2) is 4.79 Å². The quantitative estimate of drug-likeness (QED) is 0.618. The highest BCUT2D eigenvalue weighted by molar-refractivity contribution is 9.10. The van der Waals surface area contributed by atoms with Crippen LogP contribution in [0.2, 0.25) is 0 Å². The molecule has 9 heteroatoms. The van der Waals surface area contributed by atoms with Crippen molar-refractivity contribution in [2.75, 3.05) is 18.5 Å². The number of esters is 1. The first-order chi connectivity index (χ1) is 12.0. The van der Waals surface area contributed by atoms with Crippen molar-refractivity contribution in [1.82, 2.24) is 10.3 Å². The number of nitrogens with one attached hydrogen (secondary N) is 3. The molecule has 0 radical (unpaired) electrons. The van der Waals surface area contributed by atoms with E-state index in [0.717, 1.165) is 0 Å². The van der Waals surface area contributed by atoms with Gasteiger partial charge in [-0.05, 0) is 40.2 Å². The van der Waals surface area contributed by atoms with Crippen molar-refractivity contribution in [2.24, 2.45) is 0 Å². The number of anilines is 1. The molecule has 0 aliphatic carbocycles. The minimum atomic E-state index is -0.922. The normalized spacial score (nSPS) is 9.96. The average molecular weight is 408 g/mol. The number of aromatic amines is 1. The van der Waals surface area contributed by atoms with Gasteiger partial charge in [0.2, 0.25) is 5.91 Å². The number of carbonyl (C=O) groups excluding carboxylic acids is 3. The molecule has 8 nitrogen and oxygen atoms in total. The second-order valence-electron chi connectivity index (χ2n) is 4.79. The van der Waals surface area contributed by atoms with Gasteiger partial charge in [-0.15, -0.1) is 0 Å². The van der Waals surface area contributed by atoms with Gasteiger partial charge in [-0.1, -0.05) is 12.1 Å². The zero-order valence-corrected chi connectivity index (χ0v) is 14.5. The standard InChI is InChI=1S/C16H14BrN3O5/c17-11-5-1-2-6-12(11)20-13(21)8-19-14(22)9-25-16(24)10-4-3-7-18-15(10)23/h1-7H,8-9H2,(H,18,23)(H,19,22)(H,20,21). The molecule has 1 aromatic heterocycles. The Balaban J connectivity index is 1.76. The van der Waals surface area contributed by atoms with Crippen LogP contribution in [0.15, 0.2) is 51.9 Å². The number of hydrogen-bond donors (Lipinski definition) is 3. The predicted molar refractivity (Wildman–Crippen MR) is 93.1 cm³/mol. The van der Waals surface area contributed by atoms with Gasteiger partial charge < -0.3 is 20.4 Å². The smallest absolute Gasteiger partial charge is 0.344 e. The molecule has 0 aliphatic rings. The van der Waals surface area contributed by atoms with Crippen molar-refractivity contribution in [3.05, 3.63) is 63.0 Å². The fourth-order valence-corrected chi connectivity index (χ4v) is 2.16. The Hall–Kier alpha value is -2.94. The van der Waals surface area contributed by atoms with Crippen LogP contribution in [0, 0.1) is 0 Å². The van der Waals surface area contributed by atoms with Crippen LogP contribution in [0.25, 0.3) is 0 Å². The van der Waals surface area contributed by atoms with Crippen molar-refractivity contribution < 1.29 is 19.1 Å². The molecule has 0 aliphatic heterocycles. The molecule has 1 aromatic carbocycles. The van der Waals surface area contributed by atoms with Crippen molar-refractivity contribution in [1.29, 1.82) is 0 Å². The average Bonchev–Trinajstić information content (AvgIpc) is 2.60. The van der Waals surface area contributed by atoms with Crippen LogP contribution in [0.4, 0.5) is 5.69 Å². The second-order valence-corrected chi connectivity index (χ2v) is 5.65. The van der Waals surface area contributed by atoms with E-state index in [1.165, 1.54) is 18.3 Å². The molecule has 0 bridgehead atoms. The lowest BCUT2D eigenvalue weighted by Gasteiger charge is -2.08. The molecule has 0 fully saturated rings. The summed E-state index contributed by atoms with van der Waals surface area (Å²) >= 11 is 3.29. The van der Waals surface area contributed by atoms with Gasteiger partial charge in [0, 0.05) is 10.7 Å². The zero-order chi connectivity index (χ0) is 18.2. The summed E-state index contributed by atoms with van der Waals surface area (Å²) in [5, 5.41) is 4.92. The van der Waals surface area contributed by atoms with E-state index in [1.807, 2.05) is 0 Å². The zero-order valence-electron chi connectivity index (χ0n) is 12.9. The molecule has 2 aromatic rings. The number of carbonyl (C=O) groups is 3. The summed E-state index contributed by atoms with van der Waals surface area (Å²) in [6.07, 6.45) is 1.37. The summed E-state index contributed by atoms with van der Waals surface area (Å²) < 4.78 is 5.44. The number of pyridine rings is 1. The lowest BCUT2D eigenvalue weighted by molar-refractivity contribution is -0.126. The first-order valence-electron chi connectivity index (χ1n) is 7.13. The van der Waals surface area contributed by atoms with E-state index in [4.69, 9.17) is 4.74 Å². The van der Waals surface area contributed by atoms with E-state index in [0.29, 0.717) is 10.2 Å². The summed E-state index contributed by atoms with van der Waals surface area (Å²) in [5.74, 6) is -2.02. The number of hydrogen-bond acceptors (Lipinski definition) is 5. The predicted octanol–water partition coefficient (Wildman–Crippen LogP) is 1.05. The Kier molecular flexibility index (Phi) is 6.47. The molecule has 0 unspecified atom stereocenters. The largest absolute Gasteiger partial charge is 0.452 e. The van der Waals surface area contributed by atoms with Crippen LogP contribution >= 0.6 is 15.9 Å². The molecule has 0 saturated heterocycles. The second kappa shape index (κ2) is 8.78. The highest BCUT2D eigenvalue weighted by Gasteiger charge is 2.14. The minimum absolute atomic E-state index is 0.207. The molecule has 2 rings (SSSR count). The third-order valence-electron chi connectivity index (χ3n) is 2.97. The third kappa shape index (κ3) is 5.57. The van der Waals surface area contributed by atoms with Crippen molar-refractivity contribution in [3.8, 4) is 0 Å². The van der Waals surface area contributed by atoms with Crippen LogP contribution in [0.1, 0.15) is 10.4 Å². The fourth-order valence-electron chi connectivity index (χ4n) is 1.78. The molecule has 1 heterocycles. The molecule has 2 amide bonds. The first kappa shape index (κ1) is 18.4. The first-order valence-corrected chi connectivity index (χ1v) is 7.92. The van der Waals surface area contributed by atoms with E-state index in [9.17, 15) is 19.2 Å². The van der Waals surface area contributed by atoms with Crippen molar-refractivity contribution >= 4 is 39.4 Å². The Morgan fingerprint density at radius 3 is 2.56 bits per heavy atom. The maximum Gasteiger partial charge on any atom is 0.344 e. The minimum Gasteiger partial charge on any atom is -0.452 e. The Labute approximate surface area is 150 Å². The number of halogens is 1. The molecule has 0 saturated carbocycles. The molecule has 0 atom stereocenters. The lowest BCUT2D eigenvalue weighted by atomic mass is 10.3. The number of aromatic nitrogens is 1. The van der Waals surface area contributed by atoms with Gasteiger partial charge in [0.05, 0.1) is 12.2 Å². The number of para-hydroxylation sites is 1. The van der Waals surface area contributed by atoms with Gasteiger partial charge in [0.15, 0.2) is 6.61 Å². The van der Waals surface area contributed by atoms with Crippen molar-refractivity contribution in [2.45, 2.75) is 0 Å². The van der Waals surface area contributed by atoms with E-state index in [1.54, 1.807) is 24.3 Å². The van der Waals surface area contributed by atoms with Crippen LogP contribution in [0.5, 0.6) is 0 Å². The van der Waals surface area contributed by atoms with Crippen LogP contribution in [0.3, 0.4) is 0 Å². The number of amides is 2. The highest BCUT2D eigenvalue weighted by Crippen LogP contribution is 2.20. The molecular formula is C16H14BrN3O5.